The third kappa shape index (κ3) is 19.3. The third-order valence-corrected chi connectivity index (χ3v) is 3.83. The molecule has 0 atom stereocenters. The predicted molar refractivity (Wildman–Crippen MR) is 96.4 cm³/mol. The summed E-state index contributed by atoms with van der Waals surface area (Å²) in [5.74, 6) is 0. The molecule has 0 amide bonds. The molecule has 0 spiro atoms. The Hall–Kier alpha value is -0.720. The van der Waals surface area contributed by atoms with Crippen LogP contribution in [-0.4, -0.2) is 0 Å². The van der Waals surface area contributed by atoms with E-state index < -0.39 is 0 Å². The summed E-state index contributed by atoms with van der Waals surface area (Å²) < 4.78 is 0. The molecule has 0 bridgehead atoms. The molecule has 123 valence electrons. The van der Waals surface area contributed by atoms with Gasteiger partial charge in [-0.2, -0.15) is 0 Å². The second kappa shape index (κ2) is 19.3. The molecular weight excluding hydrogens is 254 g/mol. The molecule has 21 heavy (non-hydrogen) atoms. The van der Waals surface area contributed by atoms with Crippen molar-refractivity contribution in [2.24, 2.45) is 0 Å². The second-order valence-corrected chi connectivity index (χ2v) is 6.03. The Bertz CT molecular complexity index is 206. The maximum atomic E-state index is 4.30. The molecular formula is C20H38N. The number of hydrogen-bond donors (Lipinski definition) is 0. The fraction of sp³-hybridized carbons (Fsp3) is 0.800. The van der Waals surface area contributed by atoms with Crippen molar-refractivity contribution in [2.75, 3.05) is 0 Å². The van der Waals surface area contributed by atoms with Gasteiger partial charge in [0.05, 0.1) is 0 Å². The summed E-state index contributed by atoms with van der Waals surface area (Å²) in [6, 6.07) is 0. The summed E-state index contributed by atoms with van der Waals surface area (Å²) in [5.41, 5.74) is 0. The largest absolute Gasteiger partial charge is 0.265 e. The van der Waals surface area contributed by atoms with Crippen LogP contribution in [0.15, 0.2) is 24.6 Å². The van der Waals surface area contributed by atoms with Gasteiger partial charge in [-0.25, -0.2) is 0 Å². The van der Waals surface area contributed by atoms with Gasteiger partial charge in [-0.15, -0.1) is 0 Å². The molecule has 0 N–H and O–H groups in total. The standard InChI is InChI=1S/C20H38N/c1-3-5-7-9-11-13-15-17-19-21-20-18-16-14-12-10-8-6-4-2/h17-20H,3-16H2,1-2H3. The van der Waals surface area contributed by atoms with Crippen LogP contribution in [0.5, 0.6) is 0 Å². The normalized spacial score (nSPS) is 11.7. The topological polar surface area (TPSA) is 14.1 Å². The van der Waals surface area contributed by atoms with Gasteiger partial charge in [0.15, 0.2) is 0 Å². The lowest BCUT2D eigenvalue weighted by atomic mass is 10.1. The number of hydrogen-bond acceptors (Lipinski definition) is 0. The number of unbranched alkanes of at least 4 members (excludes halogenated alkanes) is 12. The summed E-state index contributed by atoms with van der Waals surface area (Å²) in [6.45, 7) is 4.54. The van der Waals surface area contributed by atoms with E-state index in [1.165, 1.54) is 89.9 Å². The van der Waals surface area contributed by atoms with Crippen molar-refractivity contribution < 1.29 is 0 Å². The minimum absolute atomic E-state index is 1.18. The average Bonchev–Trinajstić information content (AvgIpc) is 2.50. The second-order valence-electron chi connectivity index (χ2n) is 6.03. The summed E-state index contributed by atoms with van der Waals surface area (Å²) in [6.07, 6.45) is 27.2. The van der Waals surface area contributed by atoms with Crippen LogP contribution in [0.1, 0.15) is 104 Å². The predicted octanol–water partition coefficient (Wildman–Crippen LogP) is 7.12. The fourth-order valence-corrected chi connectivity index (χ4v) is 2.41. The zero-order chi connectivity index (χ0) is 15.4. The molecule has 0 unspecified atom stereocenters. The van der Waals surface area contributed by atoms with E-state index >= 15 is 0 Å². The lowest BCUT2D eigenvalue weighted by Crippen LogP contribution is -1.83. The van der Waals surface area contributed by atoms with Crippen molar-refractivity contribution in [2.45, 2.75) is 104 Å². The summed E-state index contributed by atoms with van der Waals surface area (Å²) in [7, 11) is 0. The molecule has 0 aliphatic heterocycles. The Morgan fingerprint density at radius 1 is 0.524 bits per heavy atom. The van der Waals surface area contributed by atoms with Crippen LogP contribution in [-0.2, 0) is 0 Å². The Balaban J connectivity index is 3.14. The number of nitrogens with zero attached hydrogens (tertiary/aromatic N) is 1. The summed E-state index contributed by atoms with van der Waals surface area (Å²) in [4.78, 5) is 0. The first-order valence-corrected chi connectivity index (χ1v) is 9.41. The Morgan fingerprint density at radius 2 is 0.905 bits per heavy atom. The highest BCUT2D eigenvalue weighted by atomic mass is 14.8. The van der Waals surface area contributed by atoms with E-state index in [1.54, 1.807) is 0 Å². The Morgan fingerprint density at radius 3 is 1.33 bits per heavy atom. The molecule has 0 aromatic carbocycles. The highest BCUT2D eigenvalue weighted by Crippen LogP contribution is 2.08. The van der Waals surface area contributed by atoms with Crippen LogP contribution < -0.4 is 5.32 Å². The quantitative estimate of drug-likeness (QED) is 0.269. The molecule has 1 radical (unpaired) electrons. The molecule has 0 heterocycles. The van der Waals surface area contributed by atoms with Crippen molar-refractivity contribution in [1.82, 2.24) is 5.32 Å². The molecule has 0 aromatic rings. The molecule has 0 fully saturated rings. The molecule has 1 nitrogen and oxygen atoms in total. The van der Waals surface area contributed by atoms with E-state index in [0.717, 1.165) is 0 Å². The van der Waals surface area contributed by atoms with Gasteiger partial charge in [-0.3, -0.25) is 5.32 Å². The molecule has 1 heteroatoms. The maximum absolute atomic E-state index is 4.30. The minimum atomic E-state index is 1.18. The van der Waals surface area contributed by atoms with E-state index in [-0.39, 0.29) is 0 Å². The lowest BCUT2D eigenvalue weighted by molar-refractivity contribution is 0.610. The van der Waals surface area contributed by atoms with Crippen molar-refractivity contribution in [3.05, 3.63) is 24.6 Å². The van der Waals surface area contributed by atoms with E-state index in [1.807, 2.05) is 12.4 Å². The van der Waals surface area contributed by atoms with Crippen LogP contribution in [0.3, 0.4) is 0 Å². The smallest absolute Gasteiger partial charge is 0.0227 e. The highest BCUT2D eigenvalue weighted by molar-refractivity contribution is 4.87. The van der Waals surface area contributed by atoms with Gasteiger partial charge >= 0.3 is 0 Å². The van der Waals surface area contributed by atoms with Crippen molar-refractivity contribution >= 4 is 0 Å². The van der Waals surface area contributed by atoms with E-state index in [2.05, 4.69) is 31.3 Å². The Kier molecular flexibility index (Phi) is 18.6. The van der Waals surface area contributed by atoms with Gasteiger partial charge in [-0.1, -0.05) is 90.2 Å². The molecule has 0 aliphatic rings. The van der Waals surface area contributed by atoms with Gasteiger partial charge in [0.25, 0.3) is 0 Å². The van der Waals surface area contributed by atoms with Crippen molar-refractivity contribution in [1.29, 1.82) is 0 Å². The van der Waals surface area contributed by atoms with Crippen LogP contribution in [0, 0.1) is 0 Å². The average molecular weight is 293 g/mol. The van der Waals surface area contributed by atoms with Gasteiger partial charge in [0.2, 0.25) is 0 Å². The van der Waals surface area contributed by atoms with Crippen LogP contribution in [0.4, 0.5) is 0 Å². The first-order chi connectivity index (χ1) is 10.4. The zero-order valence-electron chi connectivity index (χ0n) is 14.7. The monoisotopic (exact) mass is 292 g/mol. The first kappa shape index (κ1) is 20.3. The van der Waals surface area contributed by atoms with E-state index in [0.29, 0.717) is 0 Å². The zero-order valence-corrected chi connectivity index (χ0v) is 14.7. The van der Waals surface area contributed by atoms with Gasteiger partial charge in [-0.05, 0) is 25.7 Å². The SMILES string of the molecule is CCCCCCCCC=C[N]C=CCCCCCCCC. The summed E-state index contributed by atoms with van der Waals surface area (Å²) in [5, 5.41) is 4.30. The van der Waals surface area contributed by atoms with Gasteiger partial charge in [0, 0.05) is 12.4 Å². The van der Waals surface area contributed by atoms with Gasteiger partial charge in [0.1, 0.15) is 0 Å². The maximum Gasteiger partial charge on any atom is 0.0227 e. The van der Waals surface area contributed by atoms with E-state index in [9.17, 15) is 0 Å². The van der Waals surface area contributed by atoms with Crippen molar-refractivity contribution in [3.63, 3.8) is 0 Å². The van der Waals surface area contributed by atoms with E-state index in [4.69, 9.17) is 0 Å². The molecule has 0 aromatic heterocycles. The number of allylic oxidation sites excluding steroid dienone is 2. The first-order valence-electron chi connectivity index (χ1n) is 9.41. The van der Waals surface area contributed by atoms with Gasteiger partial charge < -0.3 is 0 Å². The van der Waals surface area contributed by atoms with Crippen LogP contribution in [0.2, 0.25) is 0 Å². The molecule has 0 saturated heterocycles. The highest BCUT2D eigenvalue weighted by Gasteiger charge is 1.88. The summed E-state index contributed by atoms with van der Waals surface area (Å²) >= 11 is 0. The third-order valence-electron chi connectivity index (χ3n) is 3.83. The Labute approximate surface area is 134 Å². The molecule has 0 aliphatic carbocycles. The lowest BCUT2D eigenvalue weighted by Gasteiger charge is -1.97. The van der Waals surface area contributed by atoms with Crippen LogP contribution in [0.25, 0.3) is 0 Å². The molecule has 0 rings (SSSR count). The van der Waals surface area contributed by atoms with Crippen molar-refractivity contribution in [3.8, 4) is 0 Å². The fourth-order valence-electron chi connectivity index (χ4n) is 2.41. The minimum Gasteiger partial charge on any atom is -0.265 e. The van der Waals surface area contributed by atoms with Crippen LogP contribution >= 0.6 is 0 Å². The molecule has 0 saturated carbocycles. The number of rotatable bonds is 16.